The Morgan fingerprint density at radius 3 is 2.73 bits per heavy atom. The van der Waals surface area contributed by atoms with E-state index in [1.54, 1.807) is 0 Å². The first-order valence-corrected chi connectivity index (χ1v) is 7.81. The molecular formula is C18H21NO3. The second-order valence-electron chi connectivity index (χ2n) is 6.19. The third-order valence-electron chi connectivity index (χ3n) is 4.32. The van der Waals surface area contributed by atoms with E-state index in [1.807, 2.05) is 39.0 Å². The number of ketones is 1. The van der Waals surface area contributed by atoms with Crippen LogP contribution in [0.4, 0.5) is 5.69 Å². The number of anilines is 1. The van der Waals surface area contributed by atoms with Crippen LogP contribution in [0.25, 0.3) is 0 Å². The summed E-state index contributed by atoms with van der Waals surface area (Å²) in [5, 5.41) is 0. The average molecular weight is 299 g/mol. The van der Waals surface area contributed by atoms with Gasteiger partial charge < -0.3 is 9.64 Å². The van der Waals surface area contributed by atoms with Gasteiger partial charge in [-0.25, -0.2) is 4.79 Å². The Kier molecular flexibility index (Phi) is 3.77. The van der Waals surface area contributed by atoms with Crippen molar-refractivity contribution in [3.05, 3.63) is 40.6 Å². The van der Waals surface area contributed by atoms with E-state index in [1.165, 1.54) is 0 Å². The smallest absolute Gasteiger partial charge is 0.338 e. The summed E-state index contributed by atoms with van der Waals surface area (Å²) < 4.78 is 5.26. The molecule has 1 aromatic carbocycles. The van der Waals surface area contributed by atoms with Crippen molar-refractivity contribution in [3.63, 3.8) is 0 Å². The Labute approximate surface area is 130 Å². The Morgan fingerprint density at radius 1 is 1.23 bits per heavy atom. The number of ether oxygens (including phenoxy) is 1. The first-order chi connectivity index (χ1) is 10.5. The molecule has 0 N–H and O–H groups in total. The number of carbonyl (C=O) groups is 2. The van der Waals surface area contributed by atoms with Gasteiger partial charge >= 0.3 is 5.97 Å². The molecule has 2 aliphatic rings. The summed E-state index contributed by atoms with van der Waals surface area (Å²) in [6.07, 6.45) is 2.15. The molecule has 116 valence electrons. The van der Waals surface area contributed by atoms with E-state index in [9.17, 15) is 9.59 Å². The zero-order valence-electron chi connectivity index (χ0n) is 13.3. The van der Waals surface area contributed by atoms with Crippen molar-refractivity contribution in [2.45, 2.75) is 46.1 Å². The lowest BCUT2D eigenvalue weighted by atomic mass is 9.91. The molecule has 2 aliphatic heterocycles. The van der Waals surface area contributed by atoms with Gasteiger partial charge in [-0.2, -0.15) is 0 Å². The van der Waals surface area contributed by atoms with Gasteiger partial charge in [-0.05, 0) is 57.4 Å². The van der Waals surface area contributed by atoms with Crippen LogP contribution >= 0.6 is 0 Å². The van der Waals surface area contributed by atoms with Gasteiger partial charge in [-0.3, -0.25) is 4.79 Å². The number of hydrogen-bond donors (Lipinski definition) is 0. The Balaban J connectivity index is 1.94. The van der Waals surface area contributed by atoms with Crippen LogP contribution in [0.5, 0.6) is 0 Å². The molecule has 0 fully saturated rings. The highest BCUT2D eigenvalue weighted by atomic mass is 16.5. The van der Waals surface area contributed by atoms with Crippen LogP contribution in [-0.2, 0) is 16.0 Å². The van der Waals surface area contributed by atoms with Crippen molar-refractivity contribution in [1.82, 2.24) is 0 Å². The van der Waals surface area contributed by atoms with E-state index in [4.69, 9.17) is 4.74 Å². The van der Waals surface area contributed by atoms with Gasteiger partial charge in [0.2, 0.25) is 0 Å². The van der Waals surface area contributed by atoms with Crippen LogP contribution < -0.4 is 4.90 Å². The monoisotopic (exact) mass is 299 g/mol. The molecule has 3 rings (SSSR count). The number of allylic oxidation sites excluding steroid dienone is 2. The summed E-state index contributed by atoms with van der Waals surface area (Å²) >= 11 is 0. The molecule has 0 saturated heterocycles. The first kappa shape index (κ1) is 14.8. The predicted molar refractivity (Wildman–Crippen MR) is 85.0 cm³/mol. The summed E-state index contributed by atoms with van der Waals surface area (Å²) in [7, 11) is 0. The van der Waals surface area contributed by atoms with Gasteiger partial charge in [0.1, 0.15) is 0 Å². The number of fused-ring (bicyclic) bond motifs is 3. The zero-order valence-corrected chi connectivity index (χ0v) is 13.3. The molecule has 0 atom stereocenters. The predicted octanol–water partition coefficient (Wildman–Crippen LogP) is 3.25. The molecule has 0 aliphatic carbocycles. The summed E-state index contributed by atoms with van der Waals surface area (Å²) in [6, 6.07) is 5.73. The molecule has 0 saturated carbocycles. The topological polar surface area (TPSA) is 46.6 Å². The lowest BCUT2D eigenvalue weighted by Crippen LogP contribution is -2.35. The van der Waals surface area contributed by atoms with Crippen LogP contribution in [0.15, 0.2) is 29.5 Å². The lowest BCUT2D eigenvalue weighted by molar-refractivity contribution is -0.115. The molecule has 0 unspecified atom stereocenters. The van der Waals surface area contributed by atoms with Crippen molar-refractivity contribution >= 4 is 17.4 Å². The Hall–Kier alpha value is -2.10. The highest BCUT2D eigenvalue weighted by Gasteiger charge is 2.29. The van der Waals surface area contributed by atoms with Gasteiger partial charge in [-0.1, -0.05) is 0 Å². The van der Waals surface area contributed by atoms with E-state index < -0.39 is 0 Å². The number of benzene rings is 1. The molecule has 0 radical (unpaired) electrons. The minimum Gasteiger partial charge on any atom is -0.459 e. The molecule has 0 bridgehead atoms. The van der Waals surface area contributed by atoms with Gasteiger partial charge in [0.05, 0.1) is 11.7 Å². The summed E-state index contributed by atoms with van der Waals surface area (Å²) in [5.74, 6) is -0.0176. The van der Waals surface area contributed by atoms with Gasteiger partial charge in [0.25, 0.3) is 0 Å². The number of hydrogen-bond acceptors (Lipinski definition) is 4. The van der Waals surface area contributed by atoms with E-state index in [-0.39, 0.29) is 17.9 Å². The van der Waals surface area contributed by atoms with E-state index in [0.29, 0.717) is 12.0 Å². The fourth-order valence-corrected chi connectivity index (χ4v) is 3.20. The molecule has 4 nitrogen and oxygen atoms in total. The number of aryl methyl sites for hydroxylation is 1. The third-order valence-corrected chi connectivity index (χ3v) is 4.32. The number of esters is 1. The minimum atomic E-state index is -0.274. The molecule has 2 heterocycles. The molecule has 0 aromatic heterocycles. The molecule has 22 heavy (non-hydrogen) atoms. The van der Waals surface area contributed by atoms with Crippen molar-refractivity contribution in [3.8, 4) is 0 Å². The number of rotatable bonds is 2. The highest BCUT2D eigenvalue weighted by molar-refractivity contribution is 5.98. The number of Topliss-reactive ketones (excluding diaryl/α,β-unsaturated/α-hetero) is 1. The van der Waals surface area contributed by atoms with Gasteiger partial charge in [-0.15, -0.1) is 0 Å². The third kappa shape index (κ3) is 2.54. The van der Waals surface area contributed by atoms with Crippen LogP contribution in [0.1, 0.15) is 49.5 Å². The minimum absolute atomic E-state index is 0.117. The molecule has 4 heteroatoms. The van der Waals surface area contributed by atoms with Crippen molar-refractivity contribution in [2.24, 2.45) is 0 Å². The maximum Gasteiger partial charge on any atom is 0.338 e. The maximum absolute atomic E-state index is 12.0. The SMILES string of the molecule is CC1=C2CCc3cc(C(=O)OC(C)C)ccc3N2CCC1=O. The molecule has 0 amide bonds. The molecular weight excluding hydrogens is 278 g/mol. The Bertz CT molecular complexity index is 673. The fraction of sp³-hybridized carbons (Fsp3) is 0.444. The number of carbonyl (C=O) groups excluding carboxylic acids is 2. The zero-order chi connectivity index (χ0) is 15.9. The first-order valence-electron chi connectivity index (χ1n) is 7.81. The largest absolute Gasteiger partial charge is 0.459 e. The quantitative estimate of drug-likeness (QED) is 0.786. The summed E-state index contributed by atoms with van der Waals surface area (Å²) in [4.78, 5) is 26.1. The second kappa shape index (κ2) is 5.59. The van der Waals surface area contributed by atoms with E-state index in [0.717, 1.165) is 41.9 Å². The van der Waals surface area contributed by atoms with Crippen LogP contribution in [0, 0.1) is 0 Å². The summed E-state index contributed by atoms with van der Waals surface area (Å²) in [5.41, 5.74) is 4.91. The van der Waals surface area contributed by atoms with Crippen molar-refractivity contribution in [2.75, 3.05) is 11.4 Å². The highest BCUT2D eigenvalue weighted by Crippen LogP contribution is 2.37. The van der Waals surface area contributed by atoms with Gasteiger partial charge in [0, 0.05) is 29.9 Å². The van der Waals surface area contributed by atoms with E-state index in [2.05, 4.69) is 4.90 Å². The van der Waals surface area contributed by atoms with Crippen LogP contribution in [0.2, 0.25) is 0 Å². The average Bonchev–Trinajstić information content (AvgIpc) is 2.49. The lowest BCUT2D eigenvalue weighted by Gasteiger charge is -2.37. The second-order valence-corrected chi connectivity index (χ2v) is 6.19. The number of nitrogens with zero attached hydrogens (tertiary/aromatic N) is 1. The maximum atomic E-state index is 12.0. The van der Waals surface area contributed by atoms with Crippen LogP contribution in [0.3, 0.4) is 0 Å². The standard InChI is InChI=1S/C18H21NO3/c1-11(2)22-18(21)14-5-7-16-13(10-14)4-6-15-12(3)17(20)8-9-19(15)16/h5,7,10-11H,4,6,8-9H2,1-3H3. The molecule has 0 spiro atoms. The van der Waals surface area contributed by atoms with Gasteiger partial charge in [0.15, 0.2) is 5.78 Å². The summed E-state index contributed by atoms with van der Waals surface area (Å²) in [6.45, 7) is 6.35. The van der Waals surface area contributed by atoms with E-state index >= 15 is 0 Å². The fourth-order valence-electron chi connectivity index (χ4n) is 3.20. The van der Waals surface area contributed by atoms with Crippen LogP contribution in [-0.4, -0.2) is 24.4 Å². The molecule has 1 aromatic rings. The Morgan fingerprint density at radius 2 is 2.00 bits per heavy atom. The normalized spacial score (nSPS) is 17.5. The van der Waals surface area contributed by atoms with Crippen molar-refractivity contribution < 1.29 is 14.3 Å². The van der Waals surface area contributed by atoms with Crippen molar-refractivity contribution in [1.29, 1.82) is 0 Å².